The summed E-state index contributed by atoms with van der Waals surface area (Å²) in [6.45, 7) is 3.38. The van der Waals surface area contributed by atoms with Gasteiger partial charge in [-0.3, -0.25) is 4.90 Å². The van der Waals surface area contributed by atoms with Gasteiger partial charge in [0, 0.05) is 25.2 Å². The lowest BCUT2D eigenvalue weighted by atomic mass is 10.1. The number of piperidine rings is 1. The zero-order valence-corrected chi connectivity index (χ0v) is 12.9. The van der Waals surface area contributed by atoms with Crippen LogP contribution in [-0.4, -0.2) is 56.6 Å². The fraction of sp³-hybridized carbons (Fsp3) is 0.625. The lowest BCUT2D eigenvalue weighted by molar-refractivity contribution is -0.00910. The van der Waals surface area contributed by atoms with Gasteiger partial charge in [-0.1, -0.05) is 0 Å². The summed E-state index contributed by atoms with van der Waals surface area (Å²) >= 11 is 0. The monoisotopic (exact) mass is 295 g/mol. The number of rotatable bonds is 7. The first-order chi connectivity index (χ1) is 10.3. The Morgan fingerprint density at radius 3 is 2.57 bits per heavy atom. The third kappa shape index (κ3) is 4.59. The van der Waals surface area contributed by atoms with Crippen LogP contribution in [-0.2, 0) is 11.3 Å². The summed E-state index contributed by atoms with van der Waals surface area (Å²) in [4.78, 5) is 2.40. The van der Waals surface area contributed by atoms with E-state index in [1.807, 2.05) is 18.2 Å². The Hall–Kier alpha value is -1.30. The molecule has 1 saturated heterocycles. The highest BCUT2D eigenvalue weighted by molar-refractivity contribution is 5.40. The Balaban J connectivity index is 1.90. The normalized spacial score (nSPS) is 16.9. The van der Waals surface area contributed by atoms with Gasteiger partial charge in [-0.25, -0.2) is 0 Å². The first-order valence-electron chi connectivity index (χ1n) is 7.42. The summed E-state index contributed by atoms with van der Waals surface area (Å²) in [6, 6.07) is 5.90. The number of aliphatic hydroxyl groups is 1. The van der Waals surface area contributed by atoms with Gasteiger partial charge in [0.2, 0.25) is 0 Å². The van der Waals surface area contributed by atoms with Gasteiger partial charge in [0.05, 0.1) is 33.5 Å². The minimum Gasteiger partial charge on any atom is -0.497 e. The lowest BCUT2D eigenvalue weighted by Gasteiger charge is -2.32. The fourth-order valence-corrected chi connectivity index (χ4v) is 2.70. The smallest absolute Gasteiger partial charge is 0.123 e. The van der Waals surface area contributed by atoms with Crippen molar-refractivity contribution >= 4 is 0 Å². The molecular weight excluding hydrogens is 270 g/mol. The standard InChI is InChI=1S/C16H25NO4/c1-19-15-3-4-16(20-2)13(11-15)12-17-7-5-14(6-8-17)21-10-9-18/h3-4,11,14,18H,5-10,12H2,1-2H3. The predicted molar refractivity (Wildman–Crippen MR) is 80.9 cm³/mol. The van der Waals surface area contributed by atoms with E-state index < -0.39 is 0 Å². The molecule has 1 aliphatic heterocycles. The van der Waals surface area contributed by atoms with E-state index in [1.54, 1.807) is 14.2 Å². The Labute approximate surface area is 126 Å². The van der Waals surface area contributed by atoms with Crippen LogP contribution in [0.4, 0.5) is 0 Å². The predicted octanol–water partition coefficient (Wildman–Crippen LogP) is 1.68. The molecule has 1 fully saturated rings. The van der Waals surface area contributed by atoms with Crippen molar-refractivity contribution in [1.29, 1.82) is 0 Å². The topological polar surface area (TPSA) is 51.2 Å². The molecule has 0 bridgehead atoms. The third-order valence-electron chi connectivity index (χ3n) is 3.86. The molecule has 1 aliphatic rings. The maximum absolute atomic E-state index is 8.79. The average molecular weight is 295 g/mol. The summed E-state index contributed by atoms with van der Waals surface area (Å²) in [6.07, 6.45) is 2.29. The largest absolute Gasteiger partial charge is 0.497 e. The van der Waals surface area contributed by atoms with E-state index in [4.69, 9.17) is 19.3 Å². The first kappa shape index (κ1) is 16.1. The maximum atomic E-state index is 8.79. The van der Waals surface area contributed by atoms with Gasteiger partial charge in [0.15, 0.2) is 0 Å². The maximum Gasteiger partial charge on any atom is 0.123 e. The molecule has 0 spiro atoms. The third-order valence-corrected chi connectivity index (χ3v) is 3.86. The van der Waals surface area contributed by atoms with Gasteiger partial charge in [-0.2, -0.15) is 0 Å². The number of benzene rings is 1. The molecule has 0 unspecified atom stereocenters. The summed E-state index contributed by atoms with van der Waals surface area (Å²) in [5, 5.41) is 8.79. The zero-order chi connectivity index (χ0) is 15.1. The fourth-order valence-electron chi connectivity index (χ4n) is 2.70. The summed E-state index contributed by atoms with van der Waals surface area (Å²) in [5.41, 5.74) is 1.14. The van der Waals surface area contributed by atoms with Gasteiger partial charge >= 0.3 is 0 Å². The quantitative estimate of drug-likeness (QED) is 0.829. The van der Waals surface area contributed by atoms with Crippen LogP contribution in [0.1, 0.15) is 18.4 Å². The molecule has 1 N–H and O–H groups in total. The number of aliphatic hydroxyl groups excluding tert-OH is 1. The van der Waals surface area contributed by atoms with Gasteiger partial charge in [-0.05, 0) is 31.0 Å². The molecular formula is C16H25NO4. The van der Waals surface area contributed by atoms with Crippen LogP contribution in [0.5, 0.6) is 11.5 Å². The first-order valence-corrected chi connectivity index (χ1v) is 7.42. The molecule has 5 heteroatoms. The number of methoxy groups -OCH3 is 2. The molecule has 21 heavy (non-hydrogen) atoms. The molecule has 1 aromatic rings. The second kappa shape index (κ2) is 8.22. The molecule has 0 radical (unpaired) electrons. The number of ether oxygens (including phenoxy) is 3. The molecule has 118 valence electrons. The summed E-state index contributed by atoms with van der Waals surface area (Å²) < 4.78 is 16.3. The van der Waals surface area contributed by atoms with Gasteiger partial charge in [-0.15, -0.1) is 0 Å². The van der Waals surface area contributed by atoms with Crippen LogP contribution in [0.25, 0.3) is 0 Å². The van der Waals surface area contributed by atoms with Crippen LogP contribution in [0.3, 0.4) is 0 Å². The van der Waals surface area contributed by atoms with E-state index in [1.165, 1.54) is 0 Å². The van der Waals surface area contributed by atoms with Crippen molar-refractivity contribution in [3.05, 3.63) is 23.8 Å². The van der Waals surface area contributed by atoms with Crippen molar-refractivity contribution in [1.82, 2.24) is 4.90 Å². The molecule has 1 heterocycles. The van der Waals surface area contributed by atoms with E-state index in [-0.39, 0.29) is 12.7 Å². The van der Waals surface area contributed by atoms with Gasteiger partial charge in [0.25, 0.3) is 0 Å². The van der Waals surface area contributed by atoms with Gasteiger partial charge < -0.3 is 19.3 Å². The van der Waals surface area contributed by atoms with Gasteiger partial charge in [0.1, 0.15) is 11.5 Å². The van der Waals surface area contributed by atoms with Crippen molar-refractivity contribution < 1.29 is 19.3 Å². The minimum absolute atomic E-state index is 0.0984. The Kier molecular flexibility index (Phi) is 6.29. The Bertz CT molecular complexity index is 430. The SMILES string of the molecule is COc1ccc(OC)c(CN2CCC(OCCO)CC2)c1. The Morgan fingerprint density at radius 1 is 1.19 bits per heavy atom. The summed E-state index contributed by atoms with van der Waals surface area (Å²) in [7, 11) is 3.37. The van der Waals surface area contributed by atoms with Crippen LogP contribution in [0, 0.1) is 0 Å². The Morgan fingerprint density at radius 2 is 1.95 bits per heavy atom. The molecule has 5 nitrogen and oxygen atoms in total. The van der Waals surface area contributed by atoms with Crippen molar-refractivity contribution in [3.8, 4) is 11.5 Å². The van der Waals surface area contributed by atoms with Crippen LogP contribution >= 0.6 is 0 Å². The molecule has 2 rings (SSSR count). The van der Waals surface area contributed by atoms with E-state index in [0.717, 1.165) is 49.5 Å². The second-order valence-electron chi connectivity index (χ2n) is 5.25. The second-order valence-corrected chi connectivity index (χ2v) is 5.25. The minimum atomic E-state index is 0.0984. The van der Waals surface area contributed by atoms with Crippen LogP contribution < -0.4 is 9.47 Å². The zero-order valence-electron chi connectivity index (χ0n) is 12.9. The molecule has 0 aromatic heterocycles. The van der Waals surface area contributed by atoms with Crippen molar-refractivity contribution in [3.63, 3.8) is 0 Å². The number of hydrogen-bond donors (Lipinski definition) is 1. The highest BCUT2D eigenvalue weighted by Crippen LogP contribution is 2.26. The molecule has 0 amide bonds. The van der Waals surface area contributed by atoms with Crippen LogP contribution in [0.2, 0.25) is 0 Å². The summed E-state index contributed by atoms with van der Waals surface area (Å²) in [5.74, 6) is 1.75. The van der Waals surface area contributed by atoms with E-state index >= 15 is 0 Å². The molecule has 0 saturated carbocycles. The lowest BCUT2D eigenvalue weighted by Crippen LogP contribution is -2.37. The average Bonchev–Trinajstić information content (AvgIpc) is 2.54. The number of hydrogen-bond acceptors (Lipinski definition) is 5. The molecule has 0 aliphatic carbocycles. The van der Waals surface area contributed by atoms with Crippen LogP contribution in [0.15, 0.2) is 18.2 Å². The molecule has 1 aromatic carbocycles. The van der Waals surface area contributed by atoms with E-state index in [2.05, 4.69) is 4.90 Å². The number of likely N-dealkylation sites (tertiary alicyclic amines) is 1. The molecule has 0 atom stereocenters. The van der Waals surface area contributed by atoms with E-state index in [0.29, 0.717) is 6.61 Å². The van der Waals surface area contributed by atoms with Crippen molar-refractivity contribution in [2.75, 3.05) is 40.5 Å². The highest BCUT2D eigenvalue weighted by atomic mass is 16.5. The number of nitrogens with zero attached hydrogens (tertiary/aromatic N) is 1. The van der Waals surface area contributed by atoms with Crippen molar-refractivity contribution in [2.45, 2.75) is 25.5 Å². The highest BCUT2D eigenvalue weighted by Gasteiger charge is 2.20. The van der Waals surface area contributed by atoms with E-state index in [9.17, 15) is 0 Å². The van der Waals surface area contributed by atoms with Crippen molar-refractivity contribution in [2.24, 2.45) is 0 Å².